The molecule has 0 aliphatic carbocycles. The van der Waals surface area contributed by atoms with Gasteiger partial charge in [0.25, 0.3) is 0 Å². The van der Waals surface area contributed by atoms with E-state index in [1.807, 2.05) is 19.2 Å². The third-order valence-electron chi connectivity index (χ3n) is 2.36. The van der Waals surface area contributed by atoms with E-state index in [2.05, 4.69) is 16.8 Å². The molecule has 0 aliphatic rings. The molecule has 0 radical (unpaired) electrons. The van der Waals surface area contributed by atoms with Gasteiger partial charge in [0.2, 0.25) is 0 Å². The van der Waals surface area contributed by atoms with E-state index < -0.39 is 0 Å². The predicted molar refractivity (Wildman–Crippen MR) is 82.5 cm³/mol. The summed E-state index contributed by atoms with van der Waals surface area (Å²) in [5.41, 5.74) is 5.66. The first kappa shape index (κ1) is 22.3. The molecule has 0 aliphatic heterocycles. The normalized spacial score (nSPS) is 10.4. The van der Waals surface area contributed by atoms with Gasteiger partial charge in [-0.3, -0.25) is 0 Å². The number of hydrogen-bond acceptors (Lipinski definition) is 3. The highest BCUT2D eigenvalue weighted by atomic mass is 35.5. The summed E-state index contributed by atoms with van der Waals surface area (Å²) in [6, 6.07) is 4.08. The fourth-order valence-corrected chi connectivity index (χ4v) is 1.47. The molecule has 0 saturated carbocycles. The Morgan fingerprint density at radius 1 is 1.35 bits per heavy atom. The van der Waals surface area contributed by atoms with Crippen molar-refractivity contribution in [1.29, 1.82) is 0 Å². The summed E-state index contributed by atoms with van der Waals surface area (Å²) in [6.45, 7) is 2.75. The highest BCUT2D eigenvalue weighted by molar-refractivity contribution is 6.30. The summed E-state index contributed by atoms with van der Waals surface area (Å²) in [4.78, 5) is 6.31. The molecule has 1 aromatic rings. The number of anilines is 1. The second-order valence-electron chi connectivity index (χ2n) is 3.24. The van der Waals surface area contributed by atoms with E-state index in [4.69, 9.17) is 17.3 Å². The first-order valence-electron chi connectivity index (χ1n) is 4.73. The van der Waals surface area contributed by atoms with Crippen LogP contribution in [0.4, 0.5) is 5.82 Å². The molecule has 1 heterocycles. The highest BCUT2D eigenvalue weighted by Crippen LogP contribution is 2.15. The molecule has 0 saturated heterocycles. The molecular weight excluding hydrogens is 304 g/mol. The molecule has 0 fully saturated rings. The quantitative estimate of drug-likeness (QED) is 0.925. The Labute approximate surface area is 126 Å². The van der Waals surface area contributed by atoms with Gasteiger partial charge >= 0.3 is 0 Å². The molecule has 0 aromatic carbocycles. The molecule has 7 heteroatoms. The van der Waals surface area contributed by atoms with Crippen LogP contribution in [0.5, 0.6) is 0 Å². The minimum atomic E-state index is 0. The molecule has 0 unspecified atom stereocenters. The van der Waals surface area contributed by atoms with Gasteiger partial charge in [0.05, 0.1) is 5.02 Å². The molecule has 2 N–H and O–H groups in total. The first-order chi connectivity index (χ1) is 6.69. The summed E-state index contributed by atoms with van der Waals surface area (Å²) in [7, 11) is 2.00. The standard InChI is InChI=1S/C10H16ClN3.3ClH/c1-3-9(6-12)14(2)10-5-4-8(11)7-13-10;;;/h4-5,7,9H,3,6,12H2,1-2H3;3*1H/t9-;;;/m0.../s1. The smallest absolute Gasteiger partial charge is 0.128 e. The number of rotatable bonds is 4. The largest absolute Gasteiger partial charge is 0.355 e. The Morgan fingerprint density at radius 2 is 1.94 bits per heavy atom. The van der Waals surface area contributed by atoms with Crippen molar-refractivity contribution in [2.45, 2.75) is 19.4 Å². The van der Waals surface area contributed by atoms with E-state index in [1.54, 1.807) is 6.20 Å². The lowest BCUT2D eigenvalue weighted by molar-refractivity contribution is 0.613. The summed E-state index contributed by atoms with van der Waals surface area (Å²) in [5, 5.41) is 0.656. The summed E-state index contributed by atoms with van der Waals surface area (Å²) in [6.07, 6.45) is 2.66. The molecule has 102 valence electrons. The zero-order valence-electron chi connectivity index (χ0n) is 9.80. The van der Waals surface area contributed by atoms with Gasteiger partial charge in [0, 0.05) is 25.8 Å². The Kier molecular flexibility index (Phi) is 14.6. The number of pyridine rings is 1. The molecule has 1 atom stereocenters. The van der Waals surface area contributed by atoms with Crippen molar-refractivity contribution in [1.82, 2.24) is 4.98 Å². The van der Waals surface area contributed by atoms with E-state index in [9.17, 15) is 0 Å². The Morgan fingerprint density at radius 3 is 2.29 bits per heavy atom. The summed E-state index contributed by atoms with van der Waals surface area (Å²) in [5.74, 6) is 0.909. The van der Waals surface area contributed by atoms with Gasteiger partial charge in [-0.1, -0.05) is 18.5 Å². The minimum absolute atomic E-state index is 0. The Bertz CT molecular complexity index is 277. The van der Waals surface area contributed by atoms with E-state index in [1.165, 1.54) is 0 Å². The number of nitrogens with zero attached hydrogens (tertiary/aromatic N) is 2. The molecule has 0 amide bonds. The molecular formula is C10H19Cl4N3. The molecule has 17 heavy (non-hydrogen) atoms. The van der Waals surface area contributed by atoms with Crippen molar-refractivity contribution < 1.29 is 0 Å². The topological polar surface area (TPSA) is 42.1 Å². The van der Waals surface area contributed by atoms with Crippen molar-refractivity contribution in [2.24, 2.45) is 5.73 Å². The van der Waals surface area contributed by atoms with Crippen LogP contribution >= 0.6 is 48.8 Å². The van der Waals surface area contributed by atoms with Gasteiger partial charge in [0.1, 0.15) is 5.82 Å². The van der Waals surface area contributed by atoms with Gasteiger partial charge in [-0.15, -0.1) is 37.2 Å². The number of nitrogens with two attached hydrogens (primary N) is 1. The molecule has 3 nitrogen and oxygen atoms in total. The SMILES string of the molecule is CC[C@@H](CN)N(C)c1ccc(Cl)cn1.Cl.Cl.Cl. The van der Waals surface area contributed by atoms with Crippen LogP contribution in [0.15, 0.2) is 18.3 Å². The molecule has 1 aromatic heterocycles. The Hall–Kier alpha value is 0.0700. The van der Waals surface area contributed by atoms with Gasteiger partial charge in [-0.25, -0.2) is 4.98 Å². The number of likely N-dealkylation sites (N-methyl/N-ethyl adjacent to an activating group) is 1. The third kappa shape index (κ3) is 6.53. The van der Waals surface area contributed by atoms with Crippen LogP contribution in [0, 0.1) is 0 Å². The molecule has 0 bridgehead atoms. The second-order valence-corrected chi connectivity index (χ2v) is 3.68. The average molecular weight is 323 g/mol. The number of hydrogen-bond donors (Lipinski definition) is 1. The van der Waals surface area contributed by atoms with Gasteiger partial charge in [-0.2, -0.15) is 0 Å². The predicted octanol–water partition coefficient (Wildman–Crippen LogP) is 3.17. The van der Waals surface area contributed by atoms with Gasteiger partial charge in [-0.05, 0) is 18.6 Å². The first-order valence-corrected chi connectivity index (χ1v) is 5.11. The lowest BCUT2D eigenvalue weighted by atomic mass is 10.2. The van der Waals surface area contributed by atoms with Crippen LogP contribution in [0.25, 0.3) is 0 Å². The maximum absolute atomic E-state index is 5.76. The van der Waals surface area contributed by atoms with Gasteiger partial charge in [0.15, 0.2) is 0 Å². The van der Waals surface area contributed by atoms with Crippen LogP contribution in [-0.2, 0) is 0 Å². The van der Waals surface area contributed by atoms with E-state index in [0.29, 0.717) is 17.6 Å². The van der Waals surface area contributed by atoms with Crippen molar-refractivity contribution in [2.75, 3.05) is 18.5 Å². The van der Waals surface area contributed by atoms with Crippen molar-refractivity contribution >= 4 is 54.6 Å². The lowest BCUT2D eigenvalue weighted by Gasteiger charge is -2.26. The third-order valence-corrected chi connectivity index (χ3v) is 2.59. The fraction of sp³-hybridized carbons (Fsp3) is 0.500. The zero-order valence-corrected chi connectivity index (χ0v) is 13.0. The van der Waals surface area contributed by atoms with E-state index in [0.717, 1.165) is 12.2 Å². The maximum atomic E-state index is 5.76. The van der Waals surface area contributed by atoms with Crippen LogP contribution in [-0.4, -0.2) is 24.6 Å². The number of halogens is 4. The fourth-order valence-electron chi connectivity index (χ4n) is 1.36. The zero-order chi connectivity index (χ0) is 10.6. The van der Waals surface area contributed by atoms with Crippen LogP contribution in [0.3, 0.4) is 0 Å². The summed E-state index contributed by atoms with van der Waals surface area (Å²) >= 11 is 5.76. The van der Waals surface area contributed by atoms with Gasteiger partial charge < -0.3 is 10.6 Å². The van der Waals surface area contributed by atoms with Crippen LogP contribution in [0.1, 0.15) is 13.3 Å². The van der Waals surface area contributed by atoms with E-state index >= 15 is 0 Å². The van der Waals surface area contributed by atoms with E-state index in [-0.39, 0.29) is 37.2 Å². The lowest BCUT2D eigenvalue weighted by Crippen LogP contribution is -2.37. The number of aromatic nitrogens is 1. The van der Waals surface area contributed by atoms with Crippen LogP contribution < -0.4 is 10.6 Å². The second kappa shape index (κ2) is 11.2. The average Bonchev–Trinajstić information content (AvgIpc) is 2.20. The summed E-state index contributed by atoms with van der Waals surface area (Å²) < 4.78 is 0. The van der Waals surface area contributed by atoms with Crippen LogP contribution in [0.2, 0.25) is 5.02 Å². The van der Waals surface area contributed by atoms with Crippen molar-refractivity contribution in [3.63, 3.8) is 0 Å². The monoisotopic (exact) mass is 321 g/mol. The molecule has 1 rings (SSSR count). The van der Waals surface area contributed by atoms with Crippen molar-refractivity contribution in [3.05, 3.63) is 23.4 Å². The minimum Gasteiger partial charge on any atom is -0.355 e. The highest BCUT2D eigenvalue weighted by Gasteiger charge is 2.11. The van der Waals surface area contributed by atoms with Crippen molar-refractivity contribution in [3.8, 4) is 0 Å². The molecule has 0 spiro atoms. The maximum Gasteiger partial charge on any atom is 0.128 e. The Balaban J connectivity index is -0.000000653.